The Labute approximate surface area is 164 Å². The first-order valence-electron chi connectivity index (χ1n) is 9.10. The number of nitrogens with zero attached hydrogens (tertiary/aromatic N) is 4. The molecule has 0 bridgehead atoms. The van der Waals surface area contributed by atoms with Crippen LogP contribution in [0.4, 0.5) is 18.9 Å². The Hall–Kier alpha value is -3.23. The van der Waals surface area contributed by atoms with Gasteiger partial charge in [-0.15, -0.1) is 0 Å². The van der Waals surface area contributed by atoms with E-state index in [1.165, 1.54) is 17.1 Å². The molecule has 0 saturated carbocycles. The van der Waals surface area contributed by atoms with Crippen LogP contribution in [0.15, 0.2) is 58.9 Å². The van der Waals surface area contributed by atoms with Crippen molar-refractivity contribution in [2.75, 3.05) is 4.90 Å². The fourth-order valence-corrected chi connectivity index (χ4v) is 3.52. The van der Waals surface area contributed by atoms with Gasteiger partial charge in [0.15, 0.2) is 12.1 Å². The smallest absolute Gasteiger partial charge is 0.271 e. The van der Waals surface area contributed by atoms with Crippen molar-refractivity contribution in [3.63, 3.8) is 0 Å². The van der Waals surface area contributed by atoms with Gasteiger partial charge in [0.05, 0.1) is 17.8 Å². The second kappa shape index (κ2) is 6.98. The highest BCUT2D eigenvalue weighted by atomic mass is 19.4. The third-order valence-corrected chi connectivity index (χ3v) is 5.06. The van der Waals surface area contributed by atoms with Crippen molar-refractivity contribution >= 4 is 17.5 Å². The minimum atomic E-state index is -4.47. The number of amides is 2. The lowest BCUT2D eigenvalue weighted by atomic mass is 10.1. The number of halogens is 3. The van der Waals surface area contributed by atoms with E-state index >= 15 is 0 Å². The van der Waals surface area contributed by atoms with Crippen LogP contribution in [-0.4, -0.2) is 28.9 Å². The molecule has 0 N–H and O–H groups in total. The molecule has 2 aliphatic heterocycles. The number of rotatable bonds is 4. The number of hydrogen-bond acceptors (Lipinski definition) is 5. The molecular formula is C20H17F3N4O2. The van der Waals surface area contributed by atoms with Gasteiger partial charge in [0.25, 0.3) is 11.8 Å². The molecule has 2 aliphatic rings. The topological polar surface area (TPSA) is 65.3 Å². The normalized spacial score (nSPS) is 21.2. The molecule has 0 spiro atoms. The van der Waals surface area contributed by atoms with Crippen LogP contribution in [0.3, 0.4) is 0 Å². The second-order valence-corrected chi connectivity index (χ2v) is 6.92. The van der Waals surface area contributed by atoms with E-state index in [1.807, 2.05) is 19.1 Å². The number of hydrogen-bond donors (Lipinski definition) is 0. The summed E-state index contributed by atoms with van der Waals surface area (Å²) < 4.78 is 38.8. The summed E-state index contributed by atoms with van der Waals surface area (Å²) in [7, 11) is 0. The Morgan fingerprint density at radius 1 is 1.00 bits per heavy atom. The highest BCUT2D eigenvalue weighted by molar-refractivity contribution is 6.25. The molecule has 1 fully saturated rings. The van der Waals surface area contributed by atoms with Crippen molar-refractivity contribution in [2.45, 2.75) is 38.1 Å². The fourth-order valence-electron chi connectivity index (χ4n) is 3.52. The third kappa shape index (κ3) is 3.37. The summed E-state index contributed by atoms with van der Waals surface area (Å²) in [5.74, 6) is -0.972. The van der Waals surface area contributed by atoms with Crippen molar-refractivity contribution < 1.29 is 22.8 Å². The van der Waals surface area contributed by atoms with E-state index in [0.29, 0.717) is 11.3 Å². The van der Waals surface area contributed by atoms with Crippen LogP contribution >= 0.6 is 0 Å². The highest BCUT2D eigenvalue weighted by Crippen LogP contribution is 2.34. The summed E-state index contributed by atoms with van der Waals surface area (Å²) in [5, 5.41) is 9.06. The van der Waals surface area contributed by atoms with Crippen LogP contribution in [0.25, 0.3) is 0 Å². The van der Waals surface area contributed by atoms with Crippen molar-refractivity contribution in [2.24, 2.45) is 10.3 Å². The monoisotopic (exact) mass is 402 g/mol. The zero-order valence-electron chi connectivity index (χ0n) is 15.4. The van der Waals surface area contributed by atoms with Gasteiger partial charge in [-0.25, -0.2) is 4.90 Å². The van der Waals surface area contributed by atoms with Gasteiger partial charge >= 0.3 is 6.18 Å². The molecule has 4 rings (SSSR count). The van der Waals surface area contributed by atoms with Crippen LogP contribution < -0.4 is 4.90 Å². The van der Waals surface area contributed by atoms with Crippen molar-refractivity contribution in [3.8, 4) is 0 Å². The zero-order chi connectivity index (χ0) is 20.8. The lowest BCUT2D eigenvalue weighted by molar-refractivity contribution is -0.137. The summed E-state index contributed by atoms with van der Waals surface area (Å²) >= 11 is 0. The molecule has 29 heavy (non-hydrogen) atoms. The first kappa shape index (κ1) is 19.1. The number of carbonyl (C=O) groups excluding carboxylic acids is 2. The van der Waals surface area contributed by atoms with Gasteiger partial charge in [0.2, 0.25) is 0 Å². The lowest BCUT2D eigenvalue weighted by Crippen LogP contribution is -2.39. The molecule has 0 unspecified atom stereocenters. The van der Waals surface area contributed by atoms with Gasteiger partial charge in [-0.3, -0.25) is 14.6 Å². The molecule has 9 heteroatoms. The van der Waals surface area contributed by atoms with Crippen molar-refractivity contribution in [1.29, 1.82) is 0 Å². The highest BCUT2D eigenvalue weighted by Gasteiger charge is 2.54. The molecular weight excluding hydrogens is 385 g/mol. The molecule has 1 saturated heterocycles. The maximum atomic E-state index is 12.9. The fraction of sp³-hybridized carbons (Fsp3) is 0.300. The van der Waals surface area contributed by atoms with E-state index in [1.54, 1.807) is 12.1 Å². The third-order valence-electron chi connectivity index (χ3n) is 5.06. The maximum absolute atomic E-state index is 12.9. The quantitative estimate of drug-likeness (QED) is 0.732. The Bertz CT molecular complexity index is 988. The standard InChI is InChI=1S/C20H17F3N4O2/c1-2-12-6-8-15(9-7-12)27-18(28)16-17(19(27)29)26(25-24-16)11-13-4-3-5-14(10-13)20(21,22)23/h3-10,16-17H,2,11H2,1H3/t16-,17+/m0/s1. The molecule has 0 aliphatic carbocycles. The summed E-state index contributed by atoms with van der Waals surface area (Å²) in [6.07, 6.45) is -3.64. The van der Waals surface area contributed by atoms with Crippen molar-refractivity contribution in [1.82, 2.24) is 5.01 Å². The number of anilines is 1. The average molecular weight is 402 g/mol. The van der Waals surface area contributed by atoms with Gasteiger partial charge < -0.3 is 0 Å². The Balaban J connectivity index is 1.57. The van der Waals surface area contributed by atoms with Gasteiger partial charge in [-0.2, -0.15) is 18.3 Å². The summed E-state index contributed by atoms with van der Waals surface area (Å²) in [4.78, 5) is 26.7. The van der Waals surface area contributed by atoms with E-state index < -0.39 is 35.6 Å². The zero-order valence-corrected chi connectivity index (χ0v) is 15.4. The first-order chi connectivity index (χ1) is 13.8. The maximum Gasteiger partial charge on any atom is 0.416 e. The number of imide groups is 1. The minimum absolute atomic E-state index is 0.0593. The SMILES string of the molecule is CCc1ccc(N2C(=O)[C@H]3N=NN(Cc4cccc(C(F)(F)F)c4)[C@H]3C2=O)cc1. The van der Waals surface area contributed by atoms with E-state index in [2.05, 4.69) is 10.3 Å². The summed E-state index contributed by atoms with van der Waals surface area (Å²) in [6, 6.07) is 9.93. The summed E-state index contributed by atoms with van der Waals surface area (Å²) in [5.41, 5.74) is 1.05. The van der Waals surface area contributed by atoms with E-state index in [0.717, 1.165) is 29.0 Å². The molecule has 2 aromatic rings. The lowest BCUT2D eigenvalue weighted by Gasteiger charge is -2.21. The van der Waals surface area contributed by atoms with Gasteiger partial charge in [-0.1, -0.05) is 36.4 Å². The number of alkyl halides is 3. The Morgan fingerprint density at radius 3 is 2.38 bits per heavy atom. The van der Waals surface area contributed by atoms with Crippen LogP contribution in [0.1, 0.15) is 23.6 Å². The second-order valence-electron chi connectivity index (χ2n) is 6.92. The predicted octanol–water partition coefficient (Wildman–Crippen LogP) is 3.76. The molecule has 2 heterocycles. The molecule has 2 amide bonds. The molecule has 2 aromatic carbocycles. The van der Waals surface area contributed by atoms with Crippen LogP contribution in [-0.2, 0) is 28.7 Å². The average Bonchev–Trinajstić information content (AvgIpc) is 3.21. The number of fused-ring (bicyclic) bond motifs is 1. The van der Waals surface area contributed by atoms with Gasteiger partial charge in [0.1, 0.15) is 0 Å². The molecule has 150 valence electrons. The van der Waals surface area contributed by atoms with Crippen molar-refractivity contribution in [3.05, 3.63) is 65.2 Å². The largest absolute Gasteiger partial charge is 0.416 e. The number of benzene rings is 2. The van der Waals surface area contributed by atoms with Crippen LogP contribution in [0.2, 0.25) is 0 Å². The molecule has 0 radical (unpaired) electrons. The molecule has 0 aromatic heterocycles. The predicted molar refractivity (Wildman–Crippen MR) is 97.7 cm³/mol. The van der Waals surface area contributed by atoms with E-state index in [4.69, 9.17) is 0 Å². The van der Waals surface area contributed by atoms with Gasteiger partial charge in [-0.05, 0) is 41.8 Å². The first-order valence-corrected chi connectivity index (χ1v) is 9.10. The summed E-state index contributed by atoms with van der Waals surface area (Å²) in [6.45, 7) is 1.94. The minimum Gasteiger partial charge on any atom is -0.271 e. The number of aryl methyl sites for hydroxylation is 1. The Morgan fingerprint density at radius 2 is 1.72 bits per heavy atom. The Kier molecular flexibility index (Phi) is 4.60. The van der Waals surface area contributed by atoms with Crippen LogP contribution in [0.5, 0.6) is 0 Å². The van der Waals surface area contributed by atoms with Gasteiger partial charge in [0, 0.05) is 0 Å². The molecule has 2 atom stereocenters. The van der Waals surface area contributed by atoms with E-state index in [-0.39, 0.29) is 6.54 Å². The molecule has 6 nitrogen and oxygen atoms in total. The number of carbonyl (C=O) groups is 2. The van der Waals surface area contributed by atoms with E-state index in [9.17, 15) is 22.8 Å². The van der Waals surface area contributed by atoms with Crippen LogP contribution in [0, 0.1) is 0 Å².